The standard InChI is InChI=1S/C21H31N7OS/c1-5-18-24-21(30-25-18)28-13-11-27(12-14-28)20(22-6-2)23-15-16-7-9-17(10-8-16)19(29)26(3)4/h7-10H,5-6,11-15H2,1-4H3,(H,22,23). The lowest BCUT2D eigenvalue weighted by Crippen LogP contribution is -2.52. The number of guanidine groups is 1. The van der Waals surface area contributed by atoms with Crippen LogP contribution >= 0.6 is 11.5 Å². The van der Waals surface area contributed by atoms with Gasteiger partial charge in [-0.05, 0) is 24.6 Å². The molecule has 1 amide bonds. The van der Waals surface area contributed by atoms with Gasteiger partial charge in [0, 0.05) is 70.3 Å². The maximum absolute atomic E-state index is 12.0. The molecule has 1 N–H and O–H groups in total. The molecule has 162 valence electrons. The third-order valence-electron chi connectivity index (χ3n) is 4.98. The lowest BCUT2D eigenvalue weighted by atomic mass is 10.1. The lowest BCUT2D eigenvalue weighted by molar-refractivity contribution is 0.0827. The van der Waals surface area contributed by atoms with Crippen LogP contribution in [0.1, 0.15) is 35.6 Å². The van der Waals surface area contributed by atoms with Gasteiger partial charge in [-0.15, -0.1) is 0 Å². The van der Waals surface area contributed by atoms with Gasteiger partial charge >= 0.3 is 0 Å². The minimum absolute atomic E-state index is 0.0118. The maximum atomic E-state index is 12.0. The highest BCUT2D eigenvalue weighted by Crippen LogP contribution is 2.19. The summed E-state index contributed by atoms with van der Waals surface area (Å²) >= 11 is 1.49. The van der Waals surface area contributed by atoms with Crippen molar-refractivity contribution in [3.8, 4) is 0 Å². The van der Waals surface area contributed by atoms with E-state index in [1.807, 2.05) is 24.3 Å². The van der Waals surface area contributed by atoms with Crippen molar-refractivity contribution in [1.82, 2.24) is 24.5 Å². The van der Waals surface area contributed by atoms with Crippen molar-refractivity contribution in [2.75, 3.05) is 51.7 Å². The summed E-state index contributed by atoms with van der Waals surface area (Å²) in [7, 11) is 3.52. The molecular weight excluding hydrogens is 398 g/mol. The summed E-state index contributed by atoms with van der Waals surface area (Å²) in [5.74, 6) is 1.86. The Hall–Kier alpha value is -2.68. The second-order valence-corrected chi connectivity index (χ2v) is 8.12. The van der Waals surface area contributed by atoms with E-state index in [1.54, 1.807) is 19.0 Å². The largest absolute Gasteiger partial charge is 0.357 e. The normalized spacial score (nSPS) is 14.7. The van der Waals surface area contributed by atoms with E-state index in [0.29, 0.717) is 12.1 Å². The van der Waals surface area contributed by atoms with Crippen molar-refractivity contribution in [3.05, 3.63) is 41.2 Å². The molecule has 8 nitrogen and oxygen atoms in total. The molecule has 0 radical (unpaired) electrons. The number of aryl methyl sites for hydroxylation is 1. The van der Waals surface area contributed by atoms with Gasteiger partial charge in [-0.2, -0.15) is 4.37 Å². The molecule has 1 aromatic heterocycles. The van der Waals surface area contributed by atoms with Gasteiger partial charge in [-0.1, -0.05) is 19.1 Å². The highest BCUT2D eigenvalue weighted by atomic mass is 32.1. The van der Waals surface area contributed by atoms with Gasteiger partial charge in [0.1, 0.15) is 5.82 Å². The SMILES string of the molecule is CCNC(=NCc1ccc(C(=O)N(C)C)cc1)N1CCN(c2nc(CC)ns2)CC1. The number of nitrogens with one attached hydrogen (secondary N) is 1. The number of benzene rings is 1. The summed E-state index contributed by atoms with van der Waals surface area (Å²) in [5, 5.41) is 4.42. The Bertz CT molecular complexity index is 854. The summed E-state index contributed by atoms with van der Waals surface area (Å²) in [4.78, 5) is 27.6. The number of aliphatic imine (C=N–C) groups is 1. The molecule has 0 atom stereocenters. The Morgan fingerprint density at radius 3 is 2.43 bits per heavy atom. The number of carbonyl (C=O) groups excluding carboxylic acids is 1. The third-order valence-corrected chi connectivity index (χ3v) is 5.79. The van der Waals surface area contributed by atoms with Crippen LogP contribution < -0.4 is 10.2 Å². The molecule has 1 fully saturated rings. The van der Waals surface area contributed by atoms with Crippen LogP contribution in [0, 0.1) is 0 Å². The predicted octanol–water partition coefficient (Wildman–Crippen LogP) is 2.09. The molecule has 1 saturated heterocycles. The molecule has 0 saturated carbocycles. The van der Waals surface area contributed by atoms with Crippen LogP contribution in [0.2, 0.25) is 0 Å². The second-order valence-electron chi connectivity index (χ2n) is 7.39. The van der Waals surface area contributed by atoms with Crippen LogP contribution in [0.3, 0.4) is 0 Å². The fraction of sp³-hybridized carbons (Fsp3) is 0.524. The van der Waals surface area contributed by atoms with E-state index >= 15 is 0 Å². The monoisotopic (exact) mass is 429 g/mol. The Morgan fingerprint density at radius 2 is 1.87 bits per heavy atom. The van der Waals surface area contributed by atoms with E-state index in [9.17, 15) is 4.79 Å². The molecule has 0 aliphatic carbocycles. The first-order valence-electron chi connectivity index (χ1n) is 10.4. The number of aromatic nitrogens is 2. The first-order chi connectivity index (χ1) is 14.5. The van der Waals surface area contributed by atoms with Crippen LogP contribution in [-0.4, -0.2) is 77.8 Å². The number of rotatable bonds is 6. The molecule has 1 aliphatic heterocycles. The molecule has 1 aliphatic rings. The average Bonchev–Trinajstić information content (AvgIpc) is 3.26. The van der Waals surface area contributed by atoms with Gasteiger partial charge in [0.15, 0.2) is 5.96 Å². The summed E-state index contributed by atoms with van der Waals surface area (Å²) in [6.07, 6.45) is 0.873. The first-order valence-corrected chi connectivity index (χ1v) is 11.2. The minimum Gasteiger partial charge on any atom is -0.357 e. The number of nitrogens with zero attached hydrogens (tertiary/aromatic N) is 6. The van der Waals surface area contributed by atoms with E-state index in [2.05, 4.69) is 38.3 Å². The number of hydrogen-bond acceptors (Lipinski definition) is 6. The van der Waals surface area contributed by atoms with Crippen molar-refractivity contribution in [2.45, 2.75) is 26.8 Å². The number of carbonyl (C=O) groups is 1. The van der Waals surface area contributed by atoms with E-state index in [-0.39, 0.29) is 5.91 Å². The Balaban J connectivity index is 1.60. The van der Waals surface area contributed by atoms with Gasteiger partial charge in [0.05, 0.1) is 6.54 Å². The Kier molecular flexibility index (Phi) is 7.62. The first kappa shape index (κ1) is 22.0. The van der Waals surface area contributed by atoms with E-state index in [0.717, 1.165) is 61.6 Å². The van der Waals surface area contributed by atoms with E-state index in [4.69, 9.17) is 4.99 Å². The lowest BCUT2D eigenvalue weighted by Gasteiger charge is -2.36. The van der Waals surface area contributed by atoms with Crippen LogP contribution in [0.5, 0.6) is 0 Å². The fourth-order valence-corrected chi connectivity index (χ4v) is 4.03. The smallest absolute Gasteiger partial charge is 0.253 e. The molecule has 9 heteroatoms. The number of anilines is 1. The number of piperazine rings is 1. The highest BCUT2D eigenvalue weighted by molar-refractivity contribution is 7.09. The fourth-order valence-electron chi connectivity index (χ4n) is 3.23. The van der Waals surface area contributed by atoms with Gasteiger partial charge in [-0.3, -0.25) is 4.79 Å². The Morgan fingerprint density at radius 1 is 1.17 bits per heavy atom. The molecule has 0 bridgehead atoms. The predicted molar refractivity (Wildman–Crippen MR) is 122 cm³/mol. The average molecular weight is 430 g/mol. The van der Waals surface area contributed by atoms with Crippen LogP contribution in [0.4, 0.5) is 5.13 Å². The molecule has 3 rings (SSSR count). The number of hydrogen-bond donors (Lipinski definition) is 1. The molecule has 2 aromatic rings. The van der Waals surface area contributed by atoms with Crippen molar-refractivity contribution in [3.63, 3.8) is 0 Å². The summed E-state index contributed by atoms with van der Waals surface area (Å²) in [6, 6.07) is 7.68. The van der Waals surface area contributed by atoms with Crippen LogP contribution in [-0.2, 0) is 13.0 Å². The molecule has 0 unspecified atom stereocenters. The van der Waals surface area contributed by atoms with Gasteiger partial charge in [0.25, 0.3) is 5.91 Å². The van der Waals surface area contributed by atoms with Crippen molar-refractivity contribution < 1.29 is 4.79 Å². The van der Waals surface area contributed by atoms with Gasteiger partial charge in [0.2, 0.25) is 5.13 Å². The summed E-state index contributed by atoms with van der Waals surface area (Å²) < 4.78 is 4.40. The zero-order chi connectivity index (χ0) is 21.5. The zero-order valence-corrected chi connectivity index (χ0v) is 19.1. The zero-order valence-electron chi connectivity index (χ0n) is 18.3. The number of amides is 1. The quantitative estimate of drug-likeness (QED) is 0.560. The molecule has 30 heavy (non-hydrogen) atoms. The third kappa shape index (κ3) is 5.47. The summed E-state index contributed by atoms with van der Waals surface area (Å²) in [6.45, 7) is 9.17. The van der Waals surface area contributed by atoms with E-state index in [1.165, 1.54) is 11.5 Å². The van der Waals surface area contributed by atoms with Crippen LogP contribution in [0.25, 0.3) is 0 Å². The van der Waals surface area contributed by atoms with Crippen molar-refractivity contribution >= 4 is 28.5 Å². The highest BCUT2D eigenvalue weighted by Gasteiger charge is 2.22. The second kappa shape index (κ2) is 10.4. The van der Waals surface area contributed by atoms with Crippen LogP contribution in [0.15, 0.2) is 29.3 Å². The molecule has 0 spiro atoms. The van der Waals surface area contributed by atoms with Gasteiger partial charge < -0.3 is 20.0 Å². The molecule has 1 aromatic carbocycles. The van der Waals surface area contributed by atoms with E-state index < -0.39 is 0 Å². The molecule has 2 heterocycles. The minimum atomic E-state index is 0.0118. The van der Waals surface area contributed by atoms with Crippen molar-refractivity contribution in [2.24, 2.45) is 4.99 Å². The topological polar surface area (TPSA) is 77.0 Å². The Labute approximate surface area is 182 Å². The molecular formula is C21H31N7OS. The summed E-state index contributed by atoms with van der Waals surface area (Å²) in [5.41, 5.74) is 1.78. The van der Waals surface area contributed by atoms with Gasteiger partial charge in [-0.25, -0.2) is 9.98 Å². The van der Waals surface area contributed by atoms with Crippen molar-refractivity contribution in [1.29, 1.82) is 0 Å². The maximum Gasteiger partial charge on any atom is 0.253 e.